The number of carbonyl (C=O) groups is 2. The highest BCUT2D eigenvalue weighted by Gasteiger charge is 2.59. The second-order valence-electron chi connectivity index (χ2n) is 6.99. The molecule has 1 aliphatic heterocycles. The fourth-order valence-corrected chi connectivity index (χ4v) is 3.07. The molecule has 2 rings (SSSR count). The molecule has 1 saturated heterocycles. The summed E-state index contributed by atoms with van der Waals surface area (Å²) in [5.41, 5.74) is -1.38. The van der Waals surface area contributed by atoms with Crippen LogP contribution in [0.3, 0.4) is 0 Å². The van der Waals surface area contributed by atoms with Crippen molar-refractivity contribution < 1.29 is 9.59 Å². The third kappa shape index (κ3) is 2.23. The van der Waals surface area contributed by atoms with Gasteiger partial charge in [-0.05, 0) is 44.9 Å². The molecule has 0 radical (unpaired) electrons. The van der Waals surface area contributed by atoms with E-state index in [2.05, 4.69) is 19.2 Å². The Morgan fingerprint density at radius 2 is 1.90 bits per heavy atom. The van der Waals surface area contributed by atoms with Crippen LogP contribution >= 0.6 is 0 Å². The van der Waals surface area contributed by atoms with Gasteiger partial charge < -0.3 is 10.2 Å². The predicted molar refractivity (Wildman–Crippen MR) is 79.1 cm³/mol. The summed E-state index contributed by atoms with van der Waals surface area (Å²) in [5, 5.41) is 3.00. The lowest BCUT2D eigenvalue weighted by Crippen LogP contribution is -2.75. The van der Waals surface area contributed by atoms with E-state index in [4.69, 9.17) is 0 Å². The number of nitrogens with zero attached hydrogens (tertiary/aromatic N) is 1. The van der Waals surface area contributed by atoms with E-state index < -0.39 is 11.1 Å². The van der Waals surface area contributed by atoms with Gasteiger partial charge in [0.25, 0.3) is 0 Å². The van der Waals surface area contributed by atoms with Crippen LogP contribution in [0.15, 0.2) is 0 Å². The van der Waals surface area contributed by atoms with E-state index in [9.17, 15) is 9.59 Å². The van der Waals surface area contributed by atoms with Crippen LogP contribution in [0.1, 0.15) is 60.3 Å². The predicted octanol–water partition coefficient (Wildman–Crippen LogP) is 2.33. The number of hydrogen-bond acceptors (Lipinski definition) is 2. The van der Waals surface area contributed by atoms with Gasteiger partial charge in [-0.2, -0.15) is 0 Å². The Morgan fingerprint density at radius 1 is 1.30 bits per heavy atom. The maximum absolute atomic E-state index is 12.9. The van der Waals surface area contributed by atoms with Gasteiger partial charge >= 0.3 is 0 Å². The molecule has 4 heteroatoms. The molecule has 0 aromatic carbocycles. The van der Waals surface area contributed by atoms with E-state index in [0.29, 0.717) is 24.8 Å². The fraction of sp³-hybridized carbons (Fsp3) is 0.875. The summed E-state index contributed by atoms with van der Waals surface area (Å²) in [7, 11) is 0. The van der Waals surface area contributed by atoms with Crippen LogP contribution < -0.4 is 5.32 Å². The summed E-state index contributed by atoms with van der Waals surface area (Å²) in [5.74, 6) is 0.877. The first-order chi connectivity index (χ1) is 9.29. The summed E-state index contributed by atoms with van der Waals surface area (Å²) in [4.78, 5) is 27.5. The molecule has 3 atom stereocenters. The van der Waals surface area contributed by atoms with Crippen molar-refractivity contribution in [2.75, 3.05) is 6.54 Å². The van der Waals surface area contributed by atoms with Gasteiger partial charge in [0.15, 0.2) is 0 Å². The van der Waals surface area contributed by atoms with E-state index in [1.54, 1.807) is 0 Å². The standard InChI is InChI=1S/C16H28N2O2/c1-6-11(3)10-18-14(20)15(4,7-2)17-13(19)16(18,5)12-8-9-12/h11-12H,6-10H2,1-5H3,(H,17,19). The monoisotopic (exact) mass is 280 g/mol. The molecule has 1 aliphatic carbocycles. The Morgan fingerprint density at radius 3 is 2.35 bits per heavy atom. The topological polar surface area (TPSA) is 49.4 Å². The van der Waals surface area contributed by atoms with E-state index in [-0.39, 0.29) is 11.8 Å². The normalized spacial score (nSPS) is 36.0. The quantitative estimate of drug-likeness (QED) is 0.840. The van der Waals surface area contributed by atoms with Gasteiger partial charge in [0.05, 0.1) is 0 Å². The van der Waals surface area contributed by atoms with Crippen LogP contribution in [-0.2, 0) is 9.59 Å². The largest absolute Gasteiger partial charge is 0.340 e. The highest BCUT2D eigenvalue weighted by molar-refractivity contribution is 6.02. The molecular weight excluding hydrogens is 252 g/mol. The summed E-state index contributed by atoms with van der Waals surface area (Å²) < 4.78 is 0. The lowest BCUT2D eigenvalue weighted by Gasteiger charge is -2.51. The summed E-state index contributed by atoms with van der Waals surface area (Å²) in [6.45, 7) is 10.7. The molecule has 2 amide bonds. The first-order valence-corrected chi connectivity index (χ1v) is 7.94. The SMILES string of the molecule is CCC(C)CN1C(=O)C(C)(CC)NC(=O)C1(C)C1CC1. The number of carbonyl (C=O) groups excluding carboxylic acids is 2. The lowest BCUT2D eigenvalue weighted by atomic mass is 9.82. The van der Waals surface area contributed by atoms with Gasteiger partial charge in [0, 0.05) is 6.54 Å². The van der Waals surface area contributed by atoms with Gasteiger partial charge in [0.2, 0.25) is 11.8 Å². The highest BCUT2D eigenvalue weighted by atomic mass is 16.2. The van der Waals surface area contributed by atoms with Crippen molar-refractivity contribution >= 4 is 11.8 Å². The van der Waals surface area contributed by atoms with Crippen molar-refractivity contribution in [2.24, 2.45) is 11.8 Å². The van der Waals surface area contributed by atoms with Crippen LogP contribution in [0.5, 0.6) is 0 Å². The third-order valence-corrected chi connectivity index (χ3v) is 5.40. The summed E-state index contributed by atoms with van der Waals surface area (Å²) in [6.07, 6.45) is 3.76. The molecule has 3 unspecified atom stereocenters. The van der Waals surface area contributed by atoms with E-state index in [1.165, 1.54) is 0 Å². The molecule has 1 saturated carbocycles. The Balaban J connectivity index is 2.36. The van der Waals surface area contributed by atoms with Gasteiger partial charge in [-0.15, -0.1) is 0 Å². The van der Waals surface area contributed by atoms with Crippen LogP contribution in [0.4, 0.5) is 0 Å². The third-order valence-electron chi connectivity index (χ3n) is 5.40. The lowest BCUT2D eigenvalue weighted by molar-refractivity contribution is -0.164. The number of rotatable bonds is 5. The molecule has 0 spiro atoms. The van der Waals surface area contributed by atoms with Crippen LogP contribution in [0.2, 0.25) is 0 Å². The first-order valence-electron chi connectivity index (χ1n) is 7.94. The average molecular weight is 280 g/mol. The average Bonchev–Trinajstić information content (AvgIpc) is 3.25. The molecule has 114 valence electrons. The molecule has 1 heterocycles. The van der Waals surface area contributed by atoms with Gasteiger partial charge in [-0.1, -0.05) is 27.2 Å². The molecule has 2 aliphatic rings. The minimum absolute atomic E-state index is 0.0345. The molecule has 0 aromatic rings. The molecule has 0 bridgehead atoms. The summed E-state index contributed by atoms with van der Waals surface area (Å²) >= 11 is 0. The Kier molecular flexibility index (Phi) is 3.87. The maximum atomic E-state index is 12.9. The Labute approximate surface area is 122 Å². The molecular formula is C16H28N2O2. The van der Waals surface area contributed by atoms with Crippen molar-refractivity contribution in [1.82, 2.24) is 10.2 Å². The zero-order valence-corrected chi connectivity index (χ0v) is 13.5. The second kappa shape index (κ2) is 5.05. The van der Waals surface area contributed by atoms with Crippen molar-refractivity contribution in [1.29, 1.82) is 0 Å². The Hall–Kier alpha value is -1.06. The minimum Gasteiger partial charge on any atom is -0.340 e. The number of amides is 2. The van der Waals surface area contributed by atoms with Crippen molar-refractivity contribution in [3.63, 3.8) is 0 Å². The first kappa shape index (κ1) is 15.3. The fourth-order valence-electron chi connectivity index (χ4n) is 3.07. The smallest absolute Gasteiger partial charge is 0.248 e. The molecule has 2 fully saturated rings. The summed E-state index contributed by atoms with van der Waals surface area (Å²) in [6, 6.07) is 0. The number of nitrogens with one attached hydrogen (secondary N) is 1. The van der Waals surface area contributed by atoms with E-state index >= 15 is 0 Å². The zero-order valence-electron chi connectivity index (χ0n) is 13.5. The zero-order chi connectivity index (χ0) is 15.1. The van der Waals surface area contributed by atoms with Crippen LogP contribution in [-0.4, -0.2) is 34.3 Å². The van der Waals surface area contributed by atoms with Gasteiger partial charge in [-0.3, -0.25) is 9.59 Å². The molecule has 0 aromatic heterocycles. The molecule has 1 N–H and O–H groups in total. The molecule has 4 nitrogen and oxygen atoms in total. The Bertz CT molecular complexity index is 419. The minimum atomic E-state index is -0.737. The van der Waals surface area contributed by atoms with Gasteiger partial charge in [0.1, 0.15) is 11.1 Å². The molecule has 20 heavy (non-hydrogen) atoms. The highest BCUT2D eigenvalue weighted by Crippen LogP contribution is 2.46. The number of hydrogen-bond donors (Lipinski definition) is 1. The van der Waals surface area contributed by atoms with Crippen LogP contribution in [0, 0.1) is 11.8 Å². The van der Waals surface area contributed by atoms with Gasteiger partial charge in [-0.25, -0.2) is 0 Å². The van der Waals surface area contributed by atoms with Crippen molar-refractivity contribution in [3.05, 3.63) is 0 Å². The van der Waals surface area contributed by atoms with Crippen molar-refractivity contribution in [2.45, 2.75) is 71.4 Å². The second-order valence-corrected chi connectivity index (χ2v) is 6.99. The maximum Gasteiger partial charge on any atom is 0.248 e. The van der Waals surface area contributed by atoms with E-state index in [1.807, 2.05) is 25.7 Å². The number of piperazine rings is 1. The van der Waals surface area contributed by atoms with Crippen molar-refractivity contribution in [3.8, 4) is 0 Å². The van der Waals surface area contributed by atoms with Crippen LogP contribution in [0.25, 0.3) is 0 Å². The van der Waals surface area contributed by atoms with E-state index in [0.717, 1.165) is 19.3 Å².